The van der Waals surface area contributed by atoms with Crippen molar-refractivity contribution < 1.29 is 23.9 Å². The fraction of sp³-hybridized carbons (Fsp3) is 0.316. The molecular formula is C19H19N3O6. The molecule has 2 aromatic carbocycles. The van der Waals surface area contributed by atoms with E-state index in [4.69, 9.17) is 14.2 Å². The average Bonchev–Trinajstić information content (AvgIpc) is 3.37. The van der Waals surface area contributed by atoms with E-state index >= 15 is 0 Å². The molecule has 9 nitrogen and oxygen atoms in total. The standard InChI is InChI=1S/C19H19N3O6/c23-19(20-9-12-1-4-17-18(7-12)28-11-27-17)15-8-14(22(24)25)2-3-16(15)21-13-5-6-26-10-13/h1-4,7-8,13,21H,5-6,9-11H2,(H,20,23)/t13-/m1/s1. The summed E-state index contributed by atoms with van der Waals surface area (Å²) in [5.74, 6) is 0.896. The van der Waals surface area contributed by atoms with Crippen LogP contribution in [0.15, 0.2) is 36.4 Å². The third-order valence-electron chi connectivity index (χ3n) is 4.64. The second-order valence-corrected chi connectivity index (χ2v) is 6.56. The van der Waals surface area contributed by atoms with Crippen LogP contribution in [0.1, 0.15) is 22.3 Å². The van der Waals surface area contributed by atoms with Gasteiger partial charge in [-0.2, -0.15) is 0 Å². The minimum absolute atomic E-state index is 0.0712. The Balaban J connectivity index is 1.51. The third-order valence-corrected chi connectivity index (χ3v) is 4.64. The number of hydrogen-bond acceptors (Lipinski definition) is 7. The number of ether oxygens (including phenoxy) is 3. The van der Waals surface area contributed by atoms with Gasteiger partial charge in [-0.15, -0.1) is 0 Å². The molecule has 4 rings (SSSR count). The molecule has 0 saturated carbocycles. The summed E-state index contributed by atoms with van der Waals surface area (Å²) in [5.41, 5.74) is 1.47. The van der Waals surface area contributed by atoms with E-state index < -0.39 is 10.8 Å². The molecule has 1 fully saturated rings. The molecule has 2 N–H and O–H groups in total. The number of carbonyl (C=O) groups excluding carboxylic acids is 1. The Morgan fingerprint density at radius 2 is 2.04 bits per heavy atom. The van der Waals surface area contributed by atoms with Crippen LogP contribution in [0.4, 0.5) is 11.4 Å². The predicted molar refractivity (Wildman–Crippen MR) is 99.7 cm³/mol. The number of anilines is 1. The van der Waals surface area contributed by atoms with Gasteiger partial charge in [0.1, 0.15) is 0 Å². The first kappa shape index (κ1) is 18.1. The summed E-state index contributed by atoms with van der Waals surface area (Å²) in [7, 11) is 0. The van der Waals surface area contributed by atoms with Crippen LogP contribution < -0.4 is 20.1 Å². The van der Waals surface area contributed by atoms with Crippen molar-refractivity contribution >= 4 is 17.3 Å². The Morgan fingerprint density at radius 1 is 1.18 bits per heavy atom. The fourth-order valence-electron chi connectivity index (χ4n) is 3.16. The van der Waals surface area contributed by atoms with Crippen molar-refractivity contribution in [3.8, 4) is 11.5 Å². The van der Waals surface area contributed by atoms with Gasteiger partial charge in [-0.25, -0.2) is 0 Å². The quantitative estimate of drug-likeness (QED) is 0.580. The highest BCUT2D eigenvalue weighted by Gasteiger charge is 2.21. The highest BCUT2D eigenvalue weighted by atomic mass is 16.7. The number of nitro groups is 1. The molecular weight excluding hydrogens is 366 g/mol. The van der Waals surface area contributed by atoms with Gasteiger partial charge in [-0.1, -0.05) is 6.07 Å². The predicted octanol–water partition coefficient (Wildman–Crippen LogP) is 2.45. The first-order valence-electron chi connectivity index (χ1n) is 8.89. The molecule has 9 heteroatoms. The lowest BCUT2D eigenvalue weighted by Crippen LogP contribution is -2.26. The molecule has 2 aromatic rings. The molecule has 28 heavy (non-hydrogen) atoms. The van der Waals surface area contributed by atoms with Crippen molar-refractivity contribution in [2.75, 3.05) is 25.3 Å². The minimum atomic E-state index is -0.517. The lowest BCUT2D eigenvalue weighted by atomic mass is 10.1. The van der Waals surface area contributed by atoms with Crippen LogP contribution in [-0.4, -0.2) is 36.9 Å². The number of benzene rings is 2. The van der Waals surface area contributed by atoms with Crippen molar-refractivity contribution in [3.05, 3.63) is 57.6 Å². The summed E-state index contributed by atoms with van der Waals surface area (Å²) in [4.78, 5) is 23.4. The van der Waals surface area contributed by atoms with Gasteiger partial charge in [0, 0.05) is 31.0 Å². The van der Waals surface area contributed by atoms with Crippen LogP contribution in [0.25, 0.3) is 0 Å². The molecule has 2 aliphatic rings. The molecule has 0 unspecified atom stereocenters. The van der Waals surface area contributed by atoms with E-state index in [1.54, 1.807) is 18.2 Å². The fourth-order valence-corrected chi connectivity index (χ4v) is 3.16. The number of non-ortho nitro benzene ring substituents is 1. The van der Waals surface area contributed by atoms with E-state index in [1.807, 2.05) is 6.07 Å². The number of nitrogens with zero attached hydrogens (tertiary/aromatic N) is 1. The van der Waals surface area contributed by atoms with Crippen LogP contribution in [0.3, 0.4) is 0 Å². The Morgan fingerprint density at radius 3 is 2.82 bits per heavy atom. The molecule has 1 amide bonds. The maximum absolute atomic E-state index is 12.8. The first-order valence-corrected chi connectivity index (χ1v) is 8.89. The van der Waals surface area contributed by atoms with Gasteiger partial charge in [-0.05, 0) is 30.2 Å². The van der Waals surface area contributed by atoms with E-state index in [0.717, 1.165) is 12.0 Å². The number of hydrogen-bond donors (Lipinski definition) is 2. The monoisotopic (exact) mass is 385 g/mol. The van der Waals surface area contributed by atoms with Crippen LogP contribution in [0, 0.1) is 10.1 Å². The maximum atomic E-state index is 12.8. The van der Waals surface area contributed by atoms with Crippen molar-refractivity contribution in [2.24, 2.45) is 0 Å². The summed E-state index contributed by atoms with van der Waals surface area (Å²) >= 11 is 0. The summed E-state index contributed by atoms with van der Waals surface area (Å²) < 4.78 is 15.9. The molecule has 1 saturated heterocycles. The minimum Gasteiger partial charge on any atom is -0.454 e. The van der Waals surface area contributed by atoms with E-state index in [9.17, 15) is 14.9 Å². The van der Waals surface area contributed by atoms with Gasteiger partial charge in [0.15, 0.2) is 11.5 Å². The number of nitro benzene ring substituents is 1. The topological polar surface area (TPSA) is 112 Å². The molecule has 2 heterocycles. The third kappa shape index (κ3) is 3.84. The van der Waals surface area contributed by atoms with Gasteiger partial charge in [-0.3, -0.25) is 14.9 Å². The first-order chi connectivity index (χ1) is 13.6. The van der Waals surface area contributed by atoms with Crippen molar-refractivity contribution in [3.63, 3.8) is 0 Å². The summed E-state index contributed by atoms with van der Waals surface area (Å²) in [6, 6.07) is 9.71. The Kier molecular flexibility index (Phi) is 4.98. The summed E-state index contributed by atoms with van der Waals surface area (Å²) in [5, 5.41) is 17.2. The van der Waals surface area contributed by atoms with Crippen LogP contribution in [0.2, 0.25) is 0 Å². The highest BCUT2D eigenvalue weighted by molar-refractivity contribution is 6.00. The van der Waals surface area contributed by atoms with E-state index in [-0.39, 0.29) is 30.6 Å². The lowest BCUT2D eigenvalue weighted by Gasteiger charge is -2.16. The van der Waals surface area contributed by atoms with E-state index in [0.29, 0.717) is 30.4 Å². The van der Waals surface area contributed by atoms with Gasteiger partial charge in [0.05, 0.1) is 23.1 Å². The Labute approximate surface area is 160 Å². The second kappa shape index (κ2) is 7.73. The smallest absolute Gasteiger partial charge is 0.270 e. The van der Waals surface area contributed by atoms with Gasteiger partial charge >= 0.3 is 0 Å². The number of nitrogens with one attached hydrogen (secondary N) is 2. The van der Waals surface area contributed by atoms with Gasteiger partial charge in [0.2, 0.25) is 6.79 Å². The molecule has 0 aliphatic carbocycles. The van der Waals surface area contributed by atoms with Crippen molar-refractivity contribution in [2.45, 2.75) is 19.0 Å². The second-order valence-electron chi connectivity index (χ2n) is 6.56. The van der Waals surface area contributed by atoms with E-state index in [1.165, 1.54) is 12.1 Å². The highest BCUT2D eigenvalue weighted by Crippen LogP contribution is 2.32. The maximum Gasteiger partial charge on any atom is 0.270 e. The molecule has 1 atom stereocenters. The molecule has 146 valence electrons. The summed E-state index contributed by atoms with van der Waals surface area (Å²) in [6.45, 7) is 1.62. The number of amides is 1. The van der Waals surface area contributed by atoms with Crippen LogP contribution >= 0.6 is 0 Å². The SMILES string of the molecule is O=C(NCc1ccc2c(c1)OCO2)c1cc([N+](=O)[O-])ccc1N[C@@H]1CCOC1. The van der Waals surface area contributed by atoms with Crippen LogP contribution in [-0.2, 0) is 11.3 Å². The van der Waals surface area contributed by atoms with Crippen LogP contribution in [0.5, 0.6) is 11.5 Å². The number of rotatable bonds is 6. The molecule has 0 aromatic heterocycles. The Bertz CT molecular complexity index is 911. The van der Waals surface area contributed by atoms with Crippen molar-refractivity contribution in [1.29, 1.82) is 0 Å². The molecule has 2 aliphatic heterocycles. The average molecular weight is 385 g/mol. The molecule has 0 radical (unpaired) electrons. The lowest BCUT2D eigenvalue weighted by molar-refractivity contribution is -0.384. The number of carbonyl (C=O) groups is 1. The van der Waals surface area contributed by atoms with Crippen molar-refractivity contribution in [1.82, 2.24) is 5.32 Å². The normalized spacial score (nSPS) is 17.4. The Hall–Kier alpha value is -3.33. The molecule has 0 spiro atoms. The number of fused-ring (bicyclic) bond motifs is 1. The molecule has 0 bridgehead atoms. The zero-order valence-electron chi connectivity index (χ0n) is 15.0. The summed E-state index contributed by atoms with van der Waals surface area (Å²) in [6.07, 6.45) is 0.815. The largest absolute Gasteiger partial charge is 0.454 e. The van der Waals surface area contributed by atoms with Gasteiger partial charge in [0.25, 0.3) is 11.6 Å². The van der Waals surface area contributed by atoms with Gasteiger partial charge < -0.3 is 24.8 Å². The van der Waals surface area contributed by atoms with E-state index in [2.05, 4.69) is 10.6 Å². The zero-order chi connectivity index (χ0) is 19.5. The zero-order valence-corrected chi connectivity index (χ0v) is 15.0.